The third kappa shape index (κ3) is 5.01. The molecule has 0 aliphatic rings. The van der Waals surface area contributed by atoms with Crippen LogP contribution in [0.25, 0.3) is 69.9 Å². The van der Waals surface area contributed by atoms with E-state index in [-0.39, 0.29) is 0 Å². The molecule has 10 rings (SSSR count). The Kier molecular flexibility index (Phi) is 7.04. The number of nitrogens with zero attached hydrogens (tertiary/aromatic N) is 2. The van der Waals surface area contributed by atoms with Crippen molar-refractivity contribution < 1.29 is 0 Å². The monoisotopic (exact) mass is 668 g/mol. The molecule has 0 saturated heterocycles. The molecular formula is C48H32N2S. The van der Waals surface area contributed by atoms with E-state index in [1.807, 2.05) is 11.3 Å². The summed E-state index contributed by atoms with van der Waals surface area (Å²) >= 11 is 1.86. The molecule has 2 heterocycles. The Balaban J connectivity index is 1.05. The van der Waals surface area contributed by atoms with E-state index in [2.05, 4.69) is 204 Å². The van der Waals surface area contributed by atoms with Gasteiger partial charge in [0.15, 0.2) is 0 Å². The normalized spacial score (nSPS) is 11.5. The number of rotatable bonds is 6. The molecule has 0 aliphatic heterocycles. The Morgan fingerprint density at radius 3 is 1.75 bits per heavy atom. The average molecular weight is 669 g/mol. The molecule has 0 saturated carbocycles. The highest BCUT2D eigenvalue weighted by Gasteiger charge is 2.18. The van der Waals surface area contributed by atoms with Gasteiger partial charge < -0.3 is 9.47 Å². The van der Waals surface area contributed by atoms with Gasteiger partial charge in [-0.15, -0.1) is 11.3 Å². The van der Waals surface area contributed by atoms with Gasteiger partial charge in [-0.25, -0.2) is 0 Å². The Bertz CT molecular complexity index is 2830. The van der Waals surface area contributed by atoms with Gasteiger partial charge in [-0.2, -0.15) is 0 Å². The van der Waals surface area contributed by atoms with Crippen molar-refractivity contribution in [2.24, 2.45) is 0 Å². The predicted molar refractivity (Wildman–Crippen MR) is 219 cm³/mol. The van der Waals surface area contributed by atoms with Gasteiger partial charge in [-0.05, 0) is 89.0 Å². The van der Waals surface area contributed by atoms with E-state index in [0.29, 0.717) is 0 Å². The summed E-state index contributed by atoms with van der Waals surface area (Å²) < 4.78 is 4.99. The minimum Gasteiger partial charge on any atom is -0.309 e. The van der Waals surface area contributed by atoms with Crippen LogP contribution in [0.1, 0.15) is 0 Å². The third-order valence-electron chi connectivity index (χ3n) is 10.0. The number of para-hydroxylation sites is 2. The van der Waals surface area contributed by atoms with Gasteiger partial charge in [0.1, 0.15) is 0 Å². The molecule has 10 aromatic rings. The number of thiophene rings is 1. The molecule has 51 heavy (non-hydrogen) atoms. The van der Waals surface area contributed by atoms with E-state index in [1.165, 1.54) is 69.9 Å². The summed E-state index contributed by atoms with van der Waals surface area (Å²) in [5, 5.41) is 5.11. The molecular weight excluding hydrogens is 637 g/mol. The summed E-state index contributed by atoms with van der Waals surface area (Å²) in [5.74, 6) is 0. The number of benzene rings is 8. The van der Waals surface area contributed by atoms with Crippen molar-refractivity contribution >= 4 is 70.4 Å². The first-order valence-electron chi connectivity index (χ1n) is 17.4. The number of anilines is 3. The van der Waals surface area contributed by atoms with Gasteiger partial charge in [0.2, 0.25) is 0 Å². The van der Waals surface area contributed by atoms with E-state index in [0.717, 1.165) is 17.1 Å². The fourth-order valence-electron chi connectivity index (χ4n) is 7.58. The van der Waals surface area contributed by atoms with Gasteiger partial charge in [0, 0.05) is 43.3 Å². The second kappa shape index (κ2) is 12.2. The number of aromatic nitrogens is 1. The first-order valence-corrected chi connectivity index (χ1v) is 18.2. The molecule has 2 nitrogen and oxygen atoms in total. The largest absolute Gasteiger partial charge is 0.309 e. The molecule has 0 fully saturated rings. The molecule has 240 valence electrons. The van der Waals surface area contributed by atoms with Crippen LogP contribution in [0.4, 0.5) is 17.1 Å². The second-order valence-electron chi connectivity index (χ2n) is 13.0. The van der Waals surface area contributed by atoms with Crippen LogP contribution in [0, 0.1) is 0 Å². The Labute approximate surface area is 300 Å². The van der Waals surface area contributed by atoms with Crippen LogP contribution < -0.4 is 4.90 Å². The third-order valence-corrected chi connectivity index (χ3v) is 11.2. The van der Waals surface area contributed by atoms with E-state index >= 15 is 0 Å². The van der Waals surface area contributed by atoms with Crippen LogP contribution in [-0.2, 0) is 0 Å². The van der Waals surface area contributed by atoms with Gasteiger partial charge >= 0.3 is 0 Å². The van der Waals surface area contributed by atoms with Crippen LogP contribution in [0.3, 0.4) is 0 Å². The Morgan fingerprint density at radius 1 is 0.373 bits per heavy atom. The van der Waals surface area contributed by atoms with E-state index in [1.54, 1.807) is 0 Å². The SMILES string of the molecule is c1ccc(-c2ccc(-n3c4ccccc4c4cc(-c5ccc(N(c6ccccc6)c6cccc7c6sc6ccccc67)cc5)ccc43)cc2)cc1. The zero-order valence-corrected chi connectivity index (χ0v) is 28.6. The van der Waals surface area contributed by atoms with Crippen LogP contribution in [-0.4, -0.2) is 4.57 Å². The molecule has 0 spiro atoms. The molecule has 0 radical (unpaired) electrons. The lowest BCUT2D eigenvalue weighted by molar-refractivity contribution is 1.18. The topological polar surface area (TPSA) is 8.17 Å². The van der Waals surface area contributed by atoms with Crippen LogP contribution in [0.5, 0.6) is 0 Å². The summed E-state index contributed by atoms with van der Waals surface area (Å²) in [6, 6.07) is 70.3. The quantitative estimate of drug-likeness (QED) is 0.171. The zero-order valence-electron chi connectivity index (χ0n) is 27.8. The predicted octanol–water partition coefficient (Wildman–Crippen LogP) is 14.0. The van der Waals surface area contributed by atoms with Crippen molar-refractivity contribution in [3.05, 3.63) is 194 Å². The Hall–Kier alpha value is -6.42. The van der Waals surface area contributed by atoms with Crippen molar-refractivity contribution in [1.82, 2.24) is 4.57 Å². The first-order chi connectivity index (χ1) is 25.3. The smallest absolute Gasteiger partial charge is 0.0640 e. The van der Waals surface area contributed by atoms with Crippen molar-refractivity contribution in [3.63, 3.8) is 0 Å². The summed E-state index contributed by atoms with van der Waals surface area (Å²) in [5.41, 5.74) is 11.9. The Morgan fingerprint density at radius 2 is 0.941 bits per heavy atom. The van der Waals surface area contributed by atoms with E-state index in [9.17, 15) is 0 Å². The van der Waals surface area contributed by atoms with Crippen molar-refractivity contribution in [2.45, 2.75) is 0 Å². The molecule has 0 amide bonds. The van der Waals surface area contributed by atoms with Crippen LogP contribution in [0.2, 0.25) is 0 Å². The average Bonchev–Trinajstić information content (AvgIpc) is 3.75. The van der Waals surface area contributed by atoms with Gasteiger partial charge in [-0.1, -0.05) is 127 Å². The second-order valence-corrected chi connectivity index (χ2v) is 14.0. The number of fused-ring (bicyclic) bond motifs is 6. The molecule has 0 atom stereocenters. The van der Waals surface area contributed by atoms with Crippen molar-refractivity contribution in [2.75, 3.05) is 4.90 Å². The van der Waals surface area contributed by atoms with Crippen LogP contribution in [0.15, 0.2) is 194 Å². The summed E-state index contributed by atoms with van der Waals surface area (Å²) in [4.78, 5) is 2.39. The lowest BCUT2D eigenvalue weighted by Gasteiger charge is -2.26. The highest BCUT2D eigenvalue weighted by atomic mass is 32.1. The maximum atomic E-state index is 2.39. The number of hydrogen-bond donors (Lipinski definition) is 0. The molecule has 8 aromatic carbocycles. The molecule has 2 aromatic heterocycles. The molecule has 0 unspecified atom stereocenters. The fourth-order valence-corrected chi connectivity index (χ4v) is 8.79. The fraction of sp³-hybridized carbons (Fsp3) is 0. The van der Waals surface area contributed by atoms with Crippen molar-refractivity contribution in [1.29, 1.82) is 0 Å². The standard InChI is InChI=1S/C48H32N2S/c1-3-12-33(13-4-1)34-22-29-39(30-23-34)50-44-19-9-7-16-40(44)43-32-36(26-31-45(43)50)35-24-27-38(28-25-35)49(37-14-5-2-6-15-37)46-20-11-18-42-41-17-8-10-21-47(41)51-48(42)46/h1-32H. The van der Waals surface area contributed by atoms with E-state index in [4.69, 9.17) is 0 Å². The van der Waals surface area contributed by atoms with Gasteiger partial charge in [-0.3, -0.25) is 0 Å². The molecule has 0 N–H and O–H groups in total. The summed E-state index contributed by atoms with van der Waals surface area (Å²) in [7, 11) is 0. The maximum Gasteiger partial charge on any atom is 0.0640 e. The minimum absolute atomic E-state index is 1.13. The summed E-state index contributed by atoms with van der Waals surface area (Å²) in [6.45, 7) is 0. The van der Waals surface area contributed by atoms with E-state index < -0.39 is 0 Å². The van der Waals surface area contributed by atoms with Crippen LogP contribution >= 0.6 is 11.3 Å². The maximum absolute atomic E-state index is 2.39. The molecule has 0 aliphatic carbocycles. The van der Waals surface area contributed by atoms with Crippen molar-refractivity contribution in [3.8, 4) is 27.9 Å². The minimum atomic E-state index is 1.13. The first kappa shape index (κ1) is 29.5. The molecule has 3 heteroatoms. The summed E-state index contributed by atoms with van der Waals surface area (Å²) in [6.07, 6.45) is 0. The highest BCUT2D eigenvalue weighted by molar-refractivity contribution is 7.26. The lowest BCUT2D eigenvalue weighted by atomic mass is 10.0. The van der Waals surface area contributed by atoms with Gasteiger partial charge in [0.05, 0.1) is 21.4 Å². The lowest BCUT2D eigenvalue weighted by Crippen LogP contribution is -2.09. The number of hydrogen-bond acceptors (Lipinski definition) is 2. The zero-order chi connectivity index (χ0) is 33.7. The molecule has 0 bridgehead atoms. The van der Waals surface area contributed by atoms with Gasteiger partial charge in [0.25, 0.3) is 0 Å². The highest BCUT2D eigenvalue weighted by Crippen LogP contribution is 2.45.